The Labute approximate surface area is 99.7 Å². The topological polar surface area (TPSA) is 112 Å². The summed E-state index contributed by atoms with van der Waals surface area (Å²) in [7, 11) is -4.12. The molecule has 1 aromatic rings. The minimum atomic E-state index is -4.12. The molecule has 6 nitrogen and oxygen atoms in total. The molecule has 0 aliphatic rings. The summed E-state index contributed by atoms with van der Waals surface area (Å²) in [6.07, 6.45) is 0. The van der Waals surface area contributed by atoms with E-state index >= 15 is 0 Å². The quantitative estimate of drug-likeness (QED) is 0.705. The Morgan fingerprint density at radius 2 is 1.88 bits per heavy atom. The van der Waals surface area contributed by atoms with Crippen LogP contribution in [0.2, 0.25) is 0 Å². The number of hydrogen-bond acceptors (Lipinski definition) is 6. The van der Waals surface area contributed by atoms with E-state index in [0.717, 1.165) is 5.56 Å². The first-order valence-electron chi connectivity index (χ1n) is 4.87. The third-order valence-electron chi connectivity index (χ3n) is 2.06. The van der Waals surface area contributed by atoms with Gasteiger partial charge in [-0.05, 0) is 19.1 Å². The fraction of sp³-hybridized carbons (Fsp3) is 0.300. The molecule has 0 spiro atoms. The SMILES string of the molecule is Cc1ccc(S(=O)(=O)OC(=O)[C@@H](N)CN)cc1. The highest BCUT2D eigenvalue weighted by atomic mass is 32.2. The number of nitrogens with two attached hydrogens (primary N) is 2. The smallest absolute Gasteiger partial charge is 0.340 e. The van der Waals surface area contributed by atoms with Gasteiger partial charge in [-0.15, -0.1) is 0 Å². The van der Waals surface area contributed by atoms with Gasteiger partial charge in [-0.2, -0.15) is 8.42 Å². The van der Waals surface area contributed by atoms with Crippen molar-refractivity contribution in [1.82, 2.24) is 0 Å². The Morgan fingerprint density at radius 3 is 2.35 bits per heavy atom. The molecule has 0 fully saturated rings. The fourth-order valence-electron chi connectivity index (χ4n) is 1.02. The first kappa shape index (κ1) is 13.6. The Morgan fingerprint density at radius 1 is 1.35 bits per heavy atom. The number of rotatable bonds is 4. The minimum absolute atomic E-state index is 0.0966. The highest BCUT2D eigenvalue weighted by molar-refractivity contribution is 7.87. The first-order chi connectivity index (χ1) is 7.86. The molecule has 1 rings (SSSR count). The highest BCUT2D eigenvalue weighted by Crippen LogP contribution is 2.13. The molecule has 0 saturated heterocycles. The predicted molar refractivity (Wildman–Crippen MR) is 61.5 cm³/mol. The van der Waals surface area contributed by atoms with Gasteiger partial charge in [0, 0.05) is 6.54 Å². The summed E-state index contributed by atoms with van der Waals surface area (Å²) in [4.78, 5) is 11.1. The van der Waals surface area contributed by atoms with Crippen molar-refractivity contribution in [2.45, 2.75) is 17.9 Å². The zero-order valence-electron chi connectivity index (χ0n) is 9.29. The van der Waals surface area contributed by atoms with Gasteiger partial charge in [0.2, 0.25) is 0 Å². The third-order valence-corrected chi connectivity index (χ3v) is 3.29. The summed E-state index contributed by atoms with van der Waals surface area (Å²) >= 11 is 0. The lowest BCUT2D eigenvalue weighted by atomic mass is 10.2. The van der Waals surface area contributed by atoms with Gasteiger partial charge >= 0.3 is 16.1 Å². The van der Waals surface area contributed by atoms with E-state index in [0.29, 0.717) is 0 Å². The van der Waals surface area contributed by atoms with Gasteiger partial charge in [-0.25, -0.2) is 4.79 Å². The van der Waals surface area contributed by atoms with Crippen LogP contribution in [0.25, 0.3) is 0 Å². The van der Waals surface area contributed by atoms with Gasteiger partial charge < -0.3 is 15.7 Å². The van der Waals surface area contributed by atoms with Gasteiger partial charge in [0.25, 0.3) is 0 Å². The molecule has 0 unspecified atom stereocenters. The van der Waals surface area contributed by atoms with E-state index in [-0.39, 0.29) is 11.4 Å². The van der Waals surface area contributed by atoms with E-state index in [1.165, 1.54) is 12.1 Å². The summed E-state index contributed by atoms with van der Waals surface area (Å²) < 4.78 is 27.6. The van der Waals surface area contributed by atoms with E-state index in [9.17, 15) is 13.2 Å². The second-order valence-corrected chi connectivity index (χ2v) is 5.06. The van der Waals surface area contributed by atoms with Gasteiger partial charge in [-0.3, -0.25) is 0 Å². The maximum absolute atomic E-state index is 11.6. The highest BCUT2D eigenvalue weighted by Gasteiger charge is 2.23. The fourth-order valence-corrected chi connectivity index (χ4v) is 1.92. The lowest BCUT2D eigenvalue weighted by Gasteiger charge is -2.09. The molecule has 0 aromatic heterocycles. The van der Waals surface area contributed by atoms with Crippen molar-refractivity contribution in [2.24, 2.45) is 11.5 Å². The molecular formula is C10H14N2O4S. The van der Waals surface area contributed by atoms with Gasteiger partial charge in [-0.1, -0.05) is 17.7 Å². The first-order valence-corrected chi connectivity index (χ1v) is 6.28. The van der Waals surface area contributed by atoms with E-state index in [2.05, 4.69) is 4.18 Å². The van der Waals surface area contributed by atoms with Crippen molar-refractivity contribution in [3.8, 4) is 0 Å². The molecular weight excluding hydrogens is 244 g/mol. The molecule has 7 heteroatoms. The molecule has 0 aliphatic heterocycles. The van der Waals surface area contributed by atoms with Crippen LogP contribution in [0, 0.1) is 6.92 Å². The van der Waals surface area contributed by atoms with Crippen molar-refractivity contribution < 1.29 is 17.4 Å². The van der Waals surface area contributed by atoms with Crippen LogP contribution in [0.5, 0.6) is 0 Å². The maximum Gasteiger partial charge on any atom is 0.341 e. The third kappa shape index (κ3) is 3.52. The molecule has 0 heterocycles. The second kappa shape index (κ2) is 5.26. The lowest BCUT2D eigenvalue weighted by Crippen LogP contribution is -2.40. The van der Waals surface area contributed by atoms with Gasteiger partial charge in [0.05, 0.1) is 0 Å². The maximum atomic E-state index is 11.6. The Bertz CT molecular complexity index is 496. The van der Waals surface area contributed by atoms with Crippen LogP contribution in [-0.2, 0) is 19.1 Å². The van der Waals surface area contributed by atoms with Crippen molar-refractivity contribution >= 4 is 16.1 Å². The van der Waals surface area contributed by atoms with Crippen LogP contribution < -0.4 is 11.5 Å². The van der Waals surface area contributed by atoms with Crippen LogP contribution in [0.1, 0.15) is 5.56 Å². The molecule has 1 atom stereocenters. The van der Waals surface area contributed by atoms with Crippen LogP contribution in [0.15, 0.2) is 29.2 Å². The lowest BCUT2D eigenvalue weighted by molar-refractivity contribution is -0.135. The van der Waals surface area contributed by atoms with E-state index in [4.69, 9.17) is 11.5 Å². The minimum Gasteiger partial charge on any atom is -0.340 e. The molecule has 0 bridgehead atoms. The number of aryl methyl sites for hydroxylation is 1. The van der Waals surface area contributed by atoms with Crippen LogP contribution in [0.4, 0.5) is 0 Å². The molecule has 0 saturated carbocycles. The predicted octanol–water partition coefficient (Wildman–Crippen LogP) is -0.487. The van der Waals surface area contributed by atoms with Gasteiger partial charge in [0.15, 0.2) is 0 Å². The average Bonchev–Trinajstić information content (AvgIpc) is 2.27. The van der Waals surface area contributed by atoms with Crippen molar-refractivity contribution in [3.05, 3.63) is 29.8 Å². The van der Waals surface area contributed by atoms with Crippen molar-refractivity contribution in [3.63, 3.8) is 0 Å². The summed E-state index contributed by atoms with van der Waals surface area (Å²) in [5, 5.41) is 0. The second-order valence-electron chi connectivity index (χ2n) is 3.51. The number of benzene rings is 1. The van der Waals surface area contributed by atoms with Crippen molar-refractivity contribution in [2.75, 3.05) is 6.54 Å². The summed E-state index contributed by atoms with van der Waals surface area (Å²) in [6, 6.07) is 4.76. The molecule has 0 aliphatic carbocycles. The summed E-state index contributed by atoms with van der Waals surface area (Å²) in [6.45, 7) is 1.63. The van der Waals surface area contributed by atoms with E-state index in [1.807, 2.05) is 6.92 Å². The molecule has 94 valence electrons. The Kier molecular flexibility index (Phi) is 4.22. The largest absolute Gasteiger partial charge is 0.341 e. The zero-order valence-corrected chi connectivity index (χ0v) is 10.1. The average molecular weight is 258 g/mol. The Balaban J connectivity index is 2.89. The number of carbonyl (C=O) groups is 1. The molecule has 0 amide bonds. The van der Waals surface area contributed by atoms with Crippen LogP contribution in [-0.4, -0.2) is 27.0 Å². The number of hydrogen-bond donors (Lipinski definition) is 2. The van der Waals surface area contributed by atoms with Gasteiger partial charge in [0.1, 0.15) is 10.9 Å². The number of carbonyl (C=O) groups excluding carboxylic acids is 1. The molecule has 4 N–H and O–H groups in total. The summed E-state index contributed by atoms with van der Waals surface area (Å²) in [5.74, 6) is -1.06. The van der Waals surface area contributed by atoms with Crippen molar-refractivity contribution in [1.29, 1.82) is 0 Å². The van der Waals surface area contributed by atoms with E-state index in [1.54, 1.807) is 12.1 Å². The molecule has 0 radical (unpaired) electrons. The summed E-state index contributed by atoms with van der Waals surface area (Å²) in [5.41, 5.74) is 11.3. The molecule has 17 heavy (non-hydrogen) atoms. The zero-order chi connectivity index (χ0) is 13.1. The van der Waals surface area contributed by atoms with Crippen LogP contribution >= 0.6 is 0 Å². The normalized spacial score (nSPS) is 13.1. The standard InChI is InChI=1S/C10H14N2O4S/c1-7-2-4-8(5-3-7)17(14,15)16-10(13)9(12)6-11/h2-5,9H,6,11-12H2,1H3/t9-/m0/s1. The monoisotopic (exact) mass is 258 g/mol. The van der Waals surface area contributed by atoms with Crippen LogP contribution in [0.3, 0.4) is 0 Å². The molecule has 1 aromatic carbocycles. The van der Waals surface area contributed by atoms with E-state index < -0.39 is 22.1 Å². The Hall–Kier alpha value is -1.44.